The number of anilines is 1. The van der Waals surface area contributed by atoms with Crippen molar-refractivity contribution in [3.8, 4) is 0 Å². The van der Waals surface area contributed by atoms with E-state index in [2.05, 4.69) is 31.9 Å². The third-order valence-corrected chi connectivity index (χ3v) is 3.50. The molecule has 1 aliphatic rings. The van der Waals surface area contributed by atoms with E-state index >= 15 is 0 Å². The van der Waals surface area contributed by atoms with Gasteiger partial charge in [0, 0.05) is 22.7 Å². The van der Waals surface area contributed by atoms with E-state index in [-0.39, 0.29) is 6.03 Å². The fraction of sp³-hybridized carbons (Fsp3) is 0.462. The lowest BCUT2D eigenvalue weighted by atomic mass is 10.1. The smallest absolute Gasteiger partial charge is 0.319 e. The molecule has 0 saturated carbocycles. The summed E-state index contributed by atoms with van der Waals surface area (Å²) in [6.07, 6.45) is 3.62. The molecule has 0 bridgehead atoms. The quantitative estimate of drug-likeness (QED) is 0.804. The molecule has 1 saturated heterocycles. The van der Waals surface area contributed by atoms with Crippen LogP contribution in [0.5, 0.6) is 0 Å². The van der Waals surface area contributed by atoms with Gasteiger partial charge in [0.05, 0.1) is 0 Å². The van der Waals surface area contributed by atoms with Crippen LogP contribution in [0.1, 0.15) is 19.3 Å². The van der Waals surface area contributed by atoms with Crippen molar-refractivity contribution in [2.75, 3.05) is 18.4 Å². The molecule has 1 unspecified atom stereocenters. The molecule has 2 amide bonds. The molecule has 1 aliphatic heterocycles. The van der Waals surface area contributed by atoms with E-state index in [0.717, 1.165) is 23.1 Å². The van der Waals surface area contributed by atoms with Gasteiger partial charge in [0.15, 0.2) is 0 Å². The lowest BCUT2D eigenvalue weighted by Crippen LogP contribution is -2.44. The first-order valence-corrected chi connectivity index (χ1v) is 7.07. The Morgan fingerprint density at radius 3 is 3.06 bits per heavy atom. The topological polar surface area (TPSA) is 53.2 Å². The van der Waals surface area contributed by atoms with E-state index in [1.54, 1.807) is 0 Å². The van der Waals surface area contributed by atoms with E-state index in [1.807, 2.05) is 24.3 Å². The average Bonchev–Trinajstić information content (AvgIpc) is 2.38. The van der Waals surface area contributed by atoms with Gasteiger partial charge in [-0.3, -0.25) is 0 Å². The van der Waals surface area contributed by atoms with Crippen LogP contribution in [0, 0.1) is 0 Å². The Bertz CT molecular complexity index is 405. The molecule has 98 valence electrons. The van der Waals surface area contributed by atoms with Gasteiger partial charge in [-0.05, 0) is 37.6 Å². The molecule has 4 nitrogen and oxygen atoms in total. The largest absolute Gasteiger partial charge is 0.336 e. The summed E-state index contributed by atoms with van der Waals surface area (Å²) in [6, 6.07) is 7.81. The van der Waals surface area contributed by atoms with Crippen LogP contribution in [0.2, 0.25) is 0 Å². The average molecular weight is 312 g/mol. The summed E-state index contributed by atoms with van der Waals surface area (Å²) in [6.45, 7) is 1.74. The standard InChI is InChI=1S/C13H18BrN3O/c14-10-4-3-6-11(8-10)17-13(18)16-9-12-5-1-2-7-15-12/h3-4,6,8,12,15H,1-2,5,7,9H2,(H2,16,17,18). The van der Waals surface area contributed by atoms with E-state index in [0.29, 0.717) is 12.6 Å². The Morgan fingerprint density at radius 1 is 1.44 bits per heavy atom. The van der Waals surface area contributed by atoms with Crippen LogP contribution in [-0.2, 0) is 0 Å². The summed E-state index contributed by atoms with van der Waals surface area (Å²) in [5.41, 5.74) is 0.790. The van der Waals surface area contributed by atoms with Crippen LogP contribution in [0.3, 0.4) is 0 Å². The number of urea groups is 1. The number of rotatable bonds is 3. The predicted octanol–water partition coefficient (Wildman–Crippen LogP) is 2.71. The molecular formula is C13H18BrN3O. The van der Waals surface area contributed by atoms with Gasteiger partial charge in [-0.15, -0.1) is 0 Å². The minimum atomic E-state index is -0.152. The molecular weight excluding hydrogens is 294 g/mol. The van der Waals surface area contributed by atoms with Gasteiger partial charge in [0.25, 0.3) is 0 Å². The van der Waals surface area contributed by atoms with Gasteiger partial charge >= 0.3 is 6.03 Å². The van der Waals surface area contributed by atoms with Crippen LogP contribution in [0.4, 0.5) is 10.5 Å². The van der Waals surface area contributed by atoms with Crippen molar-refractivity contribution in [3.05, 3.63) is 28.7 Å². The molecule has 3 N–H and O–H groups in total. The van der Waals surface area contributed by atoms with Gasteiger partial charge in [0.2, 0.25) is 0 Å². The summed E-state index contributed by atoms with van der Waals surface area (Å²) < 4.78 is 0.953. The molecule has 5 heteroatoms. The molecule has 2 rings (SSSR count). The summed E-state index contributed by atoms with van der Waals surface area (Å²) >= 11 is 3.37. The van der Waals surface area contributed by atoms with E-state index in [1.165, 1.54) is 12.8 Å². The SMILES string of the molecule is O=C(NCC1CCCCN1)Nc1cccc(Br)c1. The zero-order valence-corrected chi connectivity index (χ0v) is 11.8. The predicted molar refractivity (Wildman–Crippen MR) is 76.8 cm³/mol. The molecule has 1 aromatic carbocycles. The maximum absolute atomic E-state index is 11.7. The van der Waals surface area contributed by atoms with Gasteiger partial charge in [0.1, 0.15) is 0 Å². The molecule has 1 aromatic rings. The molecule has 1 atom stereocenters. The first-order valence-electron chi connectivity index (χ1n) is 6.28. The molecule has 0 spiro atoms. The summed E-state index contributed by atoms with van der Waals surface area (Å²) in [7, 11) is 0. The fourth-order valence-electron chi connectivity index (χ4n) is 2.06. The van der Waals surface area contributed by atoms with Crippen molar-refractivity contribution in [1.29, 1.82) is 0 Å². The summed E-state index contributed by atoms with van der Waals surface area (Å²) in [5.74, 6) is 0. The van der Waals surface area contributed by atoms with Crippen molar-refractivity contribution in [2.45, 2.75) is 25.3 Å². The van der Waals surface area contributed by atoms with Gasteiger partial charge in [-0.1, -0.05) is 28.4 Å². The van der Waals surface area contributed by atoms with Gasteiger partial charge in [-0.2, -0.15) is 0 Å². The van der Waals surface area contributed by atoms with Crippen LogP contribution in [0.15, 0.2) is 28.7 Å². The highest BCUT2D eigenvalue weighted by Gasteiger charge is 2.13. The lowest BCUT2D eigenvalue weighted by molar-refractivity contribution is 0.249. The number of halogens is 1. The second-order valence-electron chi connectivity index (χ2n) is 4.49. The third kappa shape index (κ3) is 4.31. The highest BCUT2D eigenvalue weighted by Crippen LogP contribution is 2.15. The monoisotopic (exact) mass is 311 g/mol. The van der Waals surface area contributed by atoms with Crippen LogP contribution in [0.25, 0.3) is 0 Å². The minimum absolute atomic E-state index is 0.152. The highest BCUT2D eigenvalue weighted by atomic mass is 79.9. The van der Waals surface area contributed by atoms with Crippen LogP contribution < -0.4 is 16.0 Å². The highest BCUT2D eigenvalue weighted by molar-refractivity contribution is 9.10. The van der Waals surface area contributed by atoms with Gasteiger partial charge < -0.3 is 16.0 Å². The van der Waals surface area contributed by atoms with Crippen LogP contribution in [-0.4, -0.2) is 25.2 Å². The van der Waals surface area contributed by atoms with Crippen molar-refractivity contribution < 1.29 is 4.79 Å². The molecule has 0 aliphatic carbocycles. The Labute approximate surface area is 116 Å². The number of benzene rings is 1. The third-order valence-electron chi connectivity index (χ3n) is 3.00. The Morgan fingerprint density at radius 2 is 2.33 bits per heavy atom. The van der Waals surface area contributed by atoms with Crippen molar-refractivity contribution in [3.63, 3.8) is 0 Å². The lowest BCUT2D eigenvalue weighted by Gasteiger charge is -2.23. The van der Waals surface area contributed by atoms with Crippen molar-refractivity contribution >= 4 is 27.6 Å². The molecule has 0 radical (unpaired) electrons. The molecule has 1 fully saturated rings. The first-order chi connectivity index (χ1) is 8.74. The second kappa shape index (κ2) is 6.75. The van der Waals surface area contributed by atoms with Crippen LogP contribution >= 0.6 is 15.9 Å². The zero-order valence-electron chi connectivity index (χ0n) is 10.2. The summed E-state index contributed by atoms with van der Waals surface area (Å²) in [4.78, 5) is 11.7. The zero-order chi connectivity index (χ0) is 12.8. The molecule has 1 heterocycles. The minimum Gasteiger partial charge on any atom is -0.336 e. The normalized spacial score (nSPS) is 19.3. The van der Waals surface area contributed by atoms with Gasteiger partial charge in [-0.25, -0.2) is 4.79 Å². The van der Waals surface area contributed by atoms with Crippen molar-refractivity contribution in [2.24, 2.45) is 0 Å². The second-order valence-corrected chi connectivity index (χ2v) is 5.41. The number of carbonyl (C=O) groups excluding carboxylic acids is 1. The Kier molecular flexibility index (Phi) is 5.01. The van der Waals surface area contributed by atoms with Crippen molar-refractivity contribution in [1.82, 2.24) is 10.6 Å². The Balaban J connectivity index is 1.74. The number of amides is 2. The Hall–Kier alpha value is -1.07. The maximum atomic E-state index is 11.7. The van der Waals surface area contributed by atoms with E-state index in [4.69, 9.17) is 0 Å². The van der Waals surface area contributed by atoms with E-state index in [9.17, 15) is 4.79 Å². The van der Waals surface area contributed by atoms with E-state index < -0.39 is 0 Å². The first kappa shape index (κ1) is 13.4. The number of piperidine rings is 1. The summed E-state index contributed by atoms with van der Waals surface area (Å²) in [5, 5.41) is 9.10. The number of nitrogens with one attached hydrogen (secondary N) is 3. The molecule has 0 aromatic heterocycles. The fourth-order valence-corrected chi connectivity index (χ4v) is 2.45. The maximum Gasteiger partial charge on any atom is 0.319 e. The molecule has 18 heavy (non-hydrogen) atoms. The number of carbonyl (C=O) groups is 1. The number of hydrogen-bond donors (Lipinski definition) is 3. The number of hydrogen-bond acceptors (Lipinski definition) is 2.